The van der Waals surface area contributed by atoms with Crippen molar-refractivity contribution >= 4 is 28.5 Å². The van der Waals surface area contributed by atoms with Gasteiger partial charge in [0, 0.05) is 16.8 Å². The Labute approximate surface area is 114 Å². The van der Waals surface area contributed by atoms with Crippen molar-refractivity contribution in [3.8, 4) is 21.0 Å². The summed E-state index contributed by atoms with van der Waals surface area (Å²) in [5.41, 5.74) is 8.18. The zero-order valence-corrected chi connectivity index (χ0v) is 11.8. The molecule has 0 aliphatic heterocycles. The normalized spacial score (nSPS) is 11.0. The molecule has 3 aromatic heterocycles. The first-order valence-electron chi connectivity index (χ1n) is 5.60. The number of rotatable bonds is 2. The Bertz CT molecular complexity index is 677. The van der Waals surface area contributed by atoms with Crippen molar-refractivity contribution < 1.29 is 0 Å². The van der Waals surface area contributed by atoms with E-state index >= 15 is 0 Å². The predicted molar refractivity (Wildman–Crippen MR) is 79.0 cm³/mol. The first kappa shape index (κ1) is 11.5. The largest absolute Gasteiger partial charge is 0.383 e. The van der Waals surface area contributed by atoms with E-state index in [2.05, 4.69) is 35.6 Å². The van der Waals surface area contributed by atoms with Gasteiger partial charge in [-0.15, -0.1) is 22.7 Å². The minimum atomic E-state index is 0.721. The average molecular weight is 275 g/mol. The summed E-state index contributed by atoms with van der Waals surface area (Å²) in [4.78, 5) is 3.62. The van der Waals surface area contributed by atoms with Crippen molar-refractivity contribution in [3.63, 3.8) is 0 Å². The van der Waals surface area contributed by atoms with Crippen LogP contribution in [0.15, 0.2) is 29.6 Å². The highest BCUT2D eigenvalue weighted by Crippen LogP contribution is 2.40. The summed E-state index contributed by atoms with van der Waals surface area (Å²) in [5, 5.41) is 6.62. The van der Waals surface area contributed by atoms with E-state index in [0.29, 0.717) is 0 Å². The second kappa shape index (κ2) is 4.26. The van der Waals surface area contributed by atoms with Gasteiger partial charge in [0.25, 0.3) is 0 Å². The van der Waals surface area contributed by atoms with Crippen molar-refractivity contribution in [2.24, 2.45) is 7.05 Å². The summed E-state index contributed by atoms with van der Waals surface area (Å²) >= 11 is 3.44. The lowest BCUT2D eigenvalue weighted by atomic mass is 10.1. The number of aryl methyl sites for hydroxylation is 2. The highest BCUT2D eigenvalue weighted by Gasteiger charge is 2.18. The van der Waals surface area contributed by atoms with Crippen molar-refractivity contribution in [1.29, 1.82) is 0 Å². The molecule has 0 fully saturated rings. The third-order valence-electron chi connectivity index (χ3n) is 2.83. The molecule has 0 aromatic carbocycles. The van der Waals surface area contributed by atoms with Crippen LogP contribution in [0.5, 0.6) is 0 Å². The summed E-state index contributed by atoms with van der Waals surface area (Å²) in [5.74, 6) is 0.721. The van der Waals surface area contributed by atoms with Crippen LogP contribution >= 0.6 is 22.7 Å². The van der Waals surface area contributed by atoms with Gasteiger partial charge in [0.15, 0.2) is 0 Å². The van der Waals surface area contributed by atoms with E-state index < -0.39 is 0 Å². The number of aromatic nitrogens is 2. The number of nitrogens with two attached hydrogens (primary N) is 1. The third-order valence-corrected chi connectivity index (χ3v) is 4.73. The third kappa shape index (κ3) is 1.76. The van der Waals surface area contributed by atoms with Crippen LogP contribution < -0.4 is 5.73 Å². The highest BCUT2D eigenvalue weighted by molar-refractivity contribution is 7.15. The smallest absolute Gasteiger partial charge is 0.130 e. The van der Waals surface area contributed by atoms with Crippen LogP contribution in [-0.2, 0) is 7.05 Å². The average Bonchev–Trinajstić information content (AvgIpc) is 3.02. The molecule has 0 amide bonds. The van der Waals surface area contributed by atoms with Crippen molar-refractivity contribution in [3.05, 3.63) is 34.5 Å². The second-order valence-electron chi connectivity index (χ2n) is 4.12. The fourth-order valence-corrected chi connectivity index (χ4v) is 3.57. The van der Waals surface area contributed by atoms with Crippen molar-refractivity contribution in [2.75, 3.05) is 5.73 Å². The predicted octanol–water partition coefficient (Wildman–Crippen LogP) is 3.77. The molecule has 0 radical (unpaired) electrons. The first-order chi connectivity index (χ1) is 8.66. The molecule has 3 aromatic rings. The molecule has 0 saturated heterocycles. The van der Waals surface area contributed by atoms with E-state index in [4.69, 9.17) is 5.73 Å². The summed E-state index contributed by atoms with van der Waals surface area (Å²) in [7, 11) is 1.89. The van der Waals surface area contributed by atoms with E-state index in [1.807, 2.05) is 13.1 Å². The van der Waals surface area contributed by atoms with Crippen LogP contribution in [0, 0.1) is 6.92 Å². The van der Waals surface area contributed by atoms with Crippen LogP contribution in [-0.4, -0.2) is 9.78 Å². The molecular formula is C13H13N3S2. The van der Waals surface area contributed by atoms with Gasteiger partial charge in [-0.05, 0) is 30.5 Å². The van der Waals surface area contributed by atoms with Gasteiger partial charge in [-0.3, -0.25) is 4.68 Å². The fourth-order valence-electron chi connectivity index (χ4n) is 1.93. The molecule has 0 aliphatic rings. The van der Waals surface area contributed by atoms with E-state index in [1.165, 1.54) is 14.6 Å². The fraction of sp³-hybridized carbons (Fsp3) is 0.154. The van der Waals surface area contributed by atoms with Crippen molar-refractivity contribution in [1.82, 2.24) is 9.78 Å². The molecule has 0 unspecified atom stereocenters. The molecule has 0 saturated carbocycles. The summed E-state index contributed by atoms with van der Waals surface area (Å²) in [6, 6.07) is 8.35. The number of anilines is 1. The van der Waals surface area contributed by atoms with E-state index in [-0.39, 0.29) is 0 Å². The molecule has 0 atom stereocenters. The second-order valence-corrected chi connectivity index (χ2v) is 6.36. The van der Waals surface area contributed by atoms with Crippen LogP contribution in [0.2, 0.25) is 0 Å². The summed E-state index contributed by atoms with van der Waals surface area (Å²) < 4.78 is 1.75. The minimum Gasteiger partial charge on any atom is -0.383 e. The number of hydrogen-bond acceptors (Lipinski definition) is 4. The van der Waals surface area contributed by atoms with E-state index in [0.717, 1.165) is 17.1 Å². The lowest BCUT2D eigenvalue weighted by Gasteiger charge is -1.99. The zero-order chi connectivity index (χ0) is 12.7. The Morgan fingerprint density at radius 3 is 2.67 bits per heavy atom. The molecule has 3 rings (SSSR count). The van der Waals surface area contributed by atoms with Gasteiger partial charge >= 0.3 is 0 Å². The lowest BCUT2D eigenvalue weighted by Crippen LogP contribution is -1.97. The van der Waals surface area contributed by atoms with Gasteiger partial charge in [0.2, 0.25) is 0 Å². The number of nitrogen functional groups attached to an aromatic ring is 1. The van der Waals surface area contributed by atoms with E-state index in [9.17, 15) is 0 Å². The molecule has 5 heteroatoms. The van der Waals surface area contributed by atoms with Gasteiger partial charge in [-0.1, -0.05) is 6.07 Å². The standard InChI is InChI=1S/C13H13N3S2/c1-8-5-6-10(18-8)12-11(9-4-3-7-17-9)13(14)16(2)15-12/h3-7H,14H2,1-2H3. The lowest BCUT2D eigenvalue weighted by molar-refractivity contribution is 0.783. The maximum Gasteiger partial charge on any atom is 0.130 e. The Morgan fingerprint density at radius 2 is 2.06 bits per heavy atom. The Kier molecular flexibility index (Phi) is 2.72. The Balaban J connectivity index is 2.24. The van der Waals surface area contributed by atoms with Crippen LogP contribution in [0.3, 0.4) is 0 Å². The molecule has 18 heavy (non-hydrogen) atoms. The molecular weight excluding hydrogens is 262 g/mol. The summed E-state index contributed by atoms with van der Waals surface area (Å²) in [6.45, 7) is 2.10. The number of hydrogen-bond donors (Lipinski definition) is 1. The molecule has 0 bridgehead atoms. The number of thiophene rings is 2. The van der Waals surface area contributed by atoms with Crippen LogP contribution in [0.4, 0.5) is 5.82 Å². The van der Waals surface area contributed by atoms with Crippen molar-refractivity contribution in [2.45, 2.75) is 6.92 Å². The van der Waals surface area contributed by atoms with Crippen LogP contribution in [0.25, 0.3) is 21.0 Å². The molecule has 3 nitrogen and oxygen atoms in total. The molecule has 0 spiro atoms. The Hall–Kier alpha value is -1.59. The monoisotopic (exact) mass is 275 g/mol. The quantitative estimate of drug-likeness (QED) is 0.773. The SMILES string of the molecule is Cc1ccc(-c2nn(C)c(N)c2-c2cccs2)s1. The topological polar surface area (TPSA) is 43.8 Å². The van der Waals surface area contributed by atoms with Gasteiger partial charge in [-0.2, -0.15) is 5.10 Å². The van der Waals surface area contributed by atoms with E-state index in [1.54, 1.807) is 27.4 Å². The van der Waals surface area contributed by atoms with Gasteiger partial charge in [0.1, 0.15) is 11.5 Å². The molecule has 92 valence electrons. The maximum absolute atomic E-state index is 6.15. The van der Waals surface area contributed by atoms with Crippen LogP contribution in [0.1, 0.15) is 4.88 Å². The minimum absolute atomic E-state index is 0.721. The zero-order valence-electron chi connectivity index (χ0n) is 10.2. The molecule has 2 N–H and O–H groups in total. The van der Waals surface area contributed by atoms with Gasteiger partial charge < -0.3 is 5.73 Å². The van der Waals surface area contributed by atoms with Gasteiger partial charge in [-0.25, -0.2) is 0 Å². The van der Waals surface area contributed by atoms with Gasteiger partial charge in [0.05, 0.1) is 10.4 Å². The first-order valence-corrected chi connectivity index (χ1v) is 7.29. The molecule has 0 aliphatic carbocycles. The highest BCUT2D eigenvalue weighted by atomic mass is 32.1. The summed E-state index contributed by atoms with van der Waals surface area (Å²) in [6.07, 6.45) is 0. The number of nitrogens with zero attached hydrogens (tertiary/aromatic N) is 2. The Morgan fingerprint density at radius 1 is 1.22 bits per heavy atom. The maximum atomic E-state index is 6.15. The molecule has 3 heterocycles.